The highest BCUT2D eigenvalue weighted by Gasteiger charge is 2.52. The summed E-state index contributed by atoms with van der Waals surface area (Å²) >= 11 is 0. The highest BCUT2D eigenvalue weighted by Crippen LogP contribution is 2.39. The molecule has 0 amide bonds. The molecule has 0 N–H and O–H groups in total. The van der Waals surface area contributed by atoms with Crippen LogP contribution in [0, 0.1) is 0 Å². The van der Waals surface area contributed by atoms with E-state index in [0.717, 1.165) is 30.5 Å². The minimum absolute atomic E-state index is 0.0641. The third kappa shape index (κ3) is 3.45. The molecular formula is C19H29BO5. The Hall–Kier alpha value is -1.08. The standard InChI is InChI=1S/C19H29BO5/c1-18(2)19(3,4)25-20(24-18)15-11-14(23-12-21-5)10-13-8-7-9-16(22-6)17(13)15/h10-11,16H,7-9,12H2,1-6H3. The normalized spacial score (nSPS) is 24.2. The van der Waals surface area contributed by atoms with Crippen LogP contribution in [-0.2, 0) is 25.2 Å². The summed E-state index contributed by atoms with van der Waals surface area (Å²) in [5, 5.41) is 0. The third-order valence-corrected chi connectivity index (χ3v) is 5.64. The first-order valence-electron chi connectivity index (χ1n) is 8.96. The molecule has 6 heteroatoms. The fourth-order valence-electron chi connectivity index (χ4n) is 3.54. The summed E-state index contributed by atoms with van der Waals surface area (Å²) in [7, 11) is 2.96. The molecule has 1 aromatic carbocycles. The summed E-state index contributed by atoms with van der Waals surface area (Å²) in [5.41, 5.74) is 2.68. The molecule has 3 rings (SSSR count). The first kappa shape index (κ1) is 18.7. The minimum atomic E-state index is -0.430. The van der Waals surface area contributed by atoms with Crippen molar-refractivity contribution in [3.05, 3.63) is 23.3 Å². The fraction of sp³-hybridized carbons (Fsp3) is 0.684. The lowest BCUT2D eigenvalue weighted by molar-refractivity contribution is 0.00578. The monoisotopic (exact) mass is 348 g/mol. The Kier molecular flexibility index (Phi) is 5.17. The molecule has 1 fully saturated rings. The van der Waals surface area contributed by atoms with Crippen molar-refractivity contribution in [2.45, 2.75) is 64.3 Å². The Labute approximate surface area is 151 Å². The third-order valence-electron chi connectivity index (χ3n) is 5.64. The number of benzene rings is 1. The van der Waals surface area contributed by atoms with Gasteiger partial charge in [0.05, 0.1) is 17.3 Å². The molecule has 2 aliphatic rings. The molecular weight excluding hydrogens is 319 g/mol. The number of ether oxygens (including phenoxy) is 3. The molecule has 1 heterocycles. The van der Waals surface area contributed by atoms with Gasteiger partial charge in [0.25, 0.3) is 0 Å². The van der Waals surface area contributed by atoms with E-state index in [9.17, 15) is 0 Å². The van der Waals surface area contributed by atoms with E-state index < -0.39 is 7.12 Å². The van der Waals surface area contributed by atoms with Crippen LogP contribution in [-0.4, -0.2) is 39.3 Å². The smallest absolute Gasteiger partial charge is 0.468 e. The molecule has 1 saturated heterocycles. The number of aryl methyl sites for hydroxylation is 1. The van der Waals surface area contributed by atoms with E-state index in [4.69, 9.17) is 23.5 Å². The number of methoxy groups -OCH3 is 2. The topological polar surface area (TPSA) is 46.2 Å². The molecule has 1 unspecified atom stereocenters. The highest BCUT2D eigenvalue weighted by atomic mass is 16.7. The maximum atomic E-state index is 6.30. The first-order chi connectivity index (χ1) is 11.8. The zero-order valence-corrected chi connectivity index (χ0v) is 16.2. The van der Waals surface area contributed by atoms with Crippen molar-refractivity contribution in [3.8, 4) is 5.75 Å². The quantitative estimate of drug-likeness (QED) is 0.605. The fourth-order valence-corrected chi connectivity index (χ4v) is 3.54. The zero-order chi connectivity index (χ0) is 18.2. The molecule has 0 bridgehead atoms. The van der Waals surface area contributed by atoms with Gasteiger partial charge in [-0.1, -0.05) is 0 Å². The first-order valence-corrected chi connectivity index (χ1v) is 8.96. The van der Waals surface area contributed by atoms with E-state index in [1.807, 2.05) is 6.07 Å². The molecule has 1 atom stereocenters. The molecule has 1 aliphatic carbocycles. The summed E-state index contributed by atoms with van der Waals surface area (Å²) in [6.07, 6.45) is 3.18. The van der Waals surface area contributed by atoms with Gasteiger partial charge in [0.1, 0.15) is 5.75 Å². The average molecular weight is 348 g/mol. The summed E-state index contributed by atoms with van der Waals surface area (Å²) in [5.74, 6) is 0.780. The Morgan fingerprint density at radius 2 is 1.80 bits per heavy atom. The molecule has 5 nitrogen and oxygen atoms in total. The van der Waals surface area contributed by atoms with Gasteiger partial charge in [0, 0.05) is 14.2 Å². The van der Waals surface area contributed by atoms with Crippen LogP contribution in [0.25, 0.3) is 0 Å². The van der Waals surface area contributed by atoms with E-state index in [2.05, 4.69) is 33.8 Å². The summed E-state index contributed by atoms with van der Waals surface area (Å²) in [6, 6.07) is 4.10. The van der Waals surface area contributed by atoms with Crippen LogP contribution in [0.15, 0.2) is 12.1 Å². The van der Waals surface area contributed by atoms with Crippen molar-refractivity contribution in [3.63, 3.8) is 0 Å². The lowest BCUT2D eigenvalue weighted by Crippen LogP contribution is -2.41. The Morgan fingerprint density at radius 3 is 2.40 bits per heavy atom. The molecule has 25 heavy (non-hydrogen) atoms. The van der Waals surface area contributed by atoms with E-state index in [-0.39, 0.29) is 24.1 Å². The van der Waals surface area contributed by atoms with Crippen molar-refractivity contribution in [2.24, 2.45) is 0 Å². The molecule has 0 saturated carbocycles. The van der Waals surface area contributed by atoms with Gasteiger partial charge in [-0.2, -0.15) is 0 Å². The van der Waals surface area contributed by atoms with Gasteiger partial charge >= 0.3 is 7.12 Å². The van der Waals surface area contributed by atoms with Gasteiger partial charge in [0.15, 0.2) is 6.79 Å². The van der Waals surface area contributed by atoms with Gasteiger partial charge in [-0.15, -0.1) is 0 Å². The van der Waals surface area contributed by atoms with Crippen molar-refractivity contribution < 1.29 is 23.5 Å². The van der Waals surface area contributed by atoms with Gasteiger partial charge in [0.2, 0.25) is 0 Å². The van der Waals surface area contributed by atoms with Crippen molar-refractivity contribution >= 4 is 12.6 Å². The predicted octanol–water partition coefficient (Wildman–Crippen LogP) is 2.99. The summed E-state index contributed by atoms with van der Waals surface area (Å²) < 4.78 is 29.1. The second kappa shape index (κ2) is 6.91. The maximum absolute atomic E-state index is 6.30. The molecule has 1 aromatic rings. The van der Waals surface area contributed by atoms with Crippen LogP contribution in [0.1, 0.15) is 57.8 Å². The van der Waals surface area contributed by atoms with Crippen molar-refractivity contribution in [2.75, 3.05) is 21.0 Å². The van der Waals surface area contributed by atoms with Crippen LogP contribution in [0.5, 0.6) is 5.75 Å². The zero-order valence-electron chi connectivity index (χ0n) is 16.2. The molecule has 0 radical (unpaired) electrons. The van der Waals surface area contributed by atoms with E-state index >= 15 is 0 Å². The lowest BCUT2D eigenvalue weighted by Gasteiger charge is -2.32. The van der Waals surface area contributed by atoms with Crippen molar-refractivity contribution in [1.29, 1.82) is 0 Å². The second-order valence-corrected chi connectivity index (χ2v) is 7.84. The molecule has 138 valence electrons. The SMILES string of the molecule is COCOc1cc2c(c(B3OC(C)(C)C(C)(C)O3)c1)C(OC)CCC2. The average Bonchev–Trinajstić information content (AvgIpc) is 2.79. The number of rotatable bonds is 5. The van der Waals surface area contributed by atoms with Gasteiger partial charge in [-0.25, -0.2) is 0 Å². The minimum Gasteiger partial charge on any atom is -0.468 e. The molecule has 0 aromatic heterocycles. The Morgan fingerprint density at radius 1 is 1.12 bits per heavy atom. The molecule has 1 aliphatic heterocycles. The van der Waals surface area contributed by atoms with Crippen LogP contribution in [0.3, 0.4) is 0 Å². The maximum Gasteiger partial charge on any atom is 0.495 e. The lowest BCUT2D eigenvalue weighted by atomic mass is 9.70. The van der Waals surface area contributed by atoms with Crippen LogP contribution >= 0.6 is 0 Å². The largest absolute Gasteiger partial charge is 0.495 e. The van der Waals surface area contributed by atoms with Gasteiger partial charge < -0.3 is 23.5 Å². The van der Waals surface area contributed by atoms with Crippen molar-refractivity contribution in [1.82, 2.24) is 0 Å². The Bertz CT molecular complexity index is 612. The number of hydrogen-bond donors (Lipinski definition) is 0. The van der Waals surface area contributed by atoms with Crippen LogP contribution in [0.2, 0.25) is 0 Å². The summed E-state index contributed by atoms with van der Waals surface area (Å²) in [4.78, 5) is 0. The second-order valence-electron chi connectivity index (χ2n) is 7.84. The van der Waals surface area contributed by atoms with E-state index in [0.29, 0.717) is 0 Å². The van der Waals surface area contributed by atoms with E-state index in [1.165, 1.54) is 11.1 Å². The number of fused-ring (bicyclic) bond motifs is 1. The molecule has 0 spiro atoms. The van der Waals surface area contributed by atoms with Crippen LogP contribution < -0.4 is 10.2 Å². The van der Waals surface area contributed by atoms with Crippen LogP contribution in [0.4, 0.5) is 0 Å². The Balaban J connectivity index is 2.04. The van der Waals surface area contributed by atoms with Gasteiger partial charge in [-0.05, 0) is 75.7 Å². The highest BCUT2D eigenvalue weighted by molar-refractivity contribution is 6.62. The number of hydrogen-bond acceptors (Lipinski definition) is 5. The predicted molar refractivity (Wildman–Crippen MR) is 97.4 cm³/mol. The van der Waals surface area contributed by atoms with Gasteiger partial charge in [-0.3, -0.25) is 0 Å². The van der Waals surface area contributed by atoms with E-state index in [1.54, 1.807) is 14.2 Å². The summed E-state index contributed by atoms with van der Waals surface area (Å²) in [6.45, 7) is 8.49.